The van der Waals surface area contributed by atoms with Crippen molar-refractivity contribution >= 4 is 20.3 Å². The van der Waals surface area contributed by atoms with Crippen molar-refractivity contribution in [1.82, 2.24) is 0 Å². The van der Waals surface area contributed by atoms with Crippen molar-refractivity contribution in [3.05, 3.63) is 48.0 Å². The molecule has 0 fully saturated rings. The molecule has 0 N–H and O–H groups in total. The maximum atomic E-state index is 13.1. The molecule has 35 heavy (non-hydrogen) atoms. The van der Waals surface area contributed by atoms with Gasteiger partial charge in [-0.25, -0.2) is 4.79 Å². The molecule has 1 aromatic carbocycles. The lowest BCUT2D eigenvalue weighted by Crippen LogP contribution is -2.54. The maximum Gasteiger partial charge on any atom is 0.330 e. The number of ether oxygens (including phenoxy) is 3. The van der Waals surface area contributed by atoms with Crippen LogP contribution in [-0.4, -0.2) is 45.7 Å². The van der Waals surface area contributed by atoms with Gasteiger partial charge < -0.3 is 18.6 Å². The van der Waals surface area contributed by atoms with Crippen molar-refractivity contribution in [1.29, 1.82) is 0 Å². The van der Waals surface area contributed by atoms with Crippen LogP contribution in [-0.2, 0) is 34.8 Å². The lowest BCUT2D eigenvalue weighted by Gasteiger charge is -2.46. The predicted octanol–water partition coefficient (Wildman–Crippen LogP) is 6.31. The molecule has 0 aliphatic carbocycles. The number of hydrogen-bond acceptors (Lipinski definition) is 6. The Balaban J connectivity index is 3.41. The van der Waals surface area contributed by atoms with Crippen LogP contribution in [0.4, 0.5) is 0 Å². The molecule has 0 amide bonds. The van der Waals surface area contributed by atoms with Gasteiger partial charge in [-0.3, -0.25) is 4.79 Å². The number of hydrogen-bond donors (Lipinski definition) is 0. The van der Waals surface area contributed by atoms with E-state index < -0.39 is 31.9 Å². The minimum atomic E-state index is -2.28. The summed E-state index contributed by atoms with van der Waals surface area (Å²) in [6.07, 6.45) is 2.11. The van der Waals surface area contributed by atoms with Crippen LogP contribution in [0.3, 0.4) is 0 Å². The van der Waals surface area contributed by atoms with E-state index in [1.165, 1.54) is 6.08 Å². The quantitative estimate of drug-likeness (QED) is 0.177. The highest BCUT2D eigenvalue weighted by Crippen LogP contribution is 2.42. The molecule has 0 saturated heterocycles. The van der Waals surface area contributed by atoms with Gasteiger partial charge in [0.15, 0.2) is 8.32 Å². The normalized spacial score (nSPS) is 15.5. The van der Waals surface area contributed by atoms with Gasteiger partial charge in [-0.2, -0.15) is 0 Å². The molecule has 0 aliphatic rings. The first-order chi connectivity index (χ1) is 16.2. The van der Waals surface area contributed by atoms with Crippen molar-refractivity contribution in [3.63, 3.8) is 0 Å². The smallest absolute Gasteiger partial charge is 0.330 e. The van der Waals surface area contributed by atoms with Gasteiger partial charge in [-0.05, 0) is 57.5 Å². The van der Waals surface area contributed by atoms with E-state index >= 15 is 0 Å². The van der Waals surface area contributed by atoms with Crippen LogP contribution in [0.1, 0.15) is 61.0 Å². The monoisotopic (exact) mass is 506 g/mol. The Morgan fingerprint density at radius 2 is 1.54 bits per heavy atom. The fourth-order valence-electron chi connectivity index (χ4n) is 3.52. The standard InChI is InChI=1S/C28H46O6Si/c1-11-31-24(29)19-18-23(33-20-22-16-14-13-15-17-22)21(3)25(28(7,8)26(30)32-12-2)34-35(9,10)27(4,5)6/h13-19,21,23,25H,11-12,20H2,1-10H3/b19-18+/t21-,23+,25-/m1/s1. The van der Waals surface area contributed by atoms with Crippen molar-refractivity contribution in [2.45, 2.75) is 92.3 Å². The van der Waals surface area contributed by atoms with Gasteiger partial charge >= 0.3 is 11.9 Å². The minimum absolute atomic E-state index is 0.0587. The van der Waals surface area contributed by atoms with Crippen LogP contribution >= 0.6 is 0 Å². The van der Waals surface area contributed by atoms with Gasteiger partial charge in [-0.1, -0.05) is 58.0 Å². The first kappa shape index (κ1) is 31.1. The maximum absolute atomic E-state index is 13.1. The molecule has 3 atom stereocenters. The molecular weight excluding hydrogens is 460 g/mol. The fraction of sp³-hybridized carbons (Fsp3) is 0.643. The highest BCUT2D eigenvalue weighted by Gasteiger charge is 2.49. The van der Waals surface area contributed by atoms with Crippen molar-refractivity contribution < 1.29 is 28.2 Å². The van der Waals surface area contributed by atoms with E-state index in [0.717, 1.165) is 5.56 Å². The second-order valence-corrected chi connectivity index (χ2v) is 15.7. The third-order valence-electron chi connectivity index (χ3n) is 6.73. The summed E-state index contributed by atoms with van der Waals surface area (Å²) in [5.41, 5.74) is 0.0811. The average Bonchev–Trinajstić information content (AvgIpc) is 2.77. The second kappa shape index (κ2) is 13.4. The SMILES string of the molecule is CCOC(=O)/C=C/[C@H](OCc1ccccc1)[C@@H](C)[C@@H](O[Si](C)(C)C(C)(C)C)C(C)(C)C(=O)OCC. The molecule has 1 aromatic rings. The van der Waals surface area contributed by atoms with Gasteiger partial charge in [0.2, 0.25) is 0 Å². The van der Waals surface area contributed by atoms with E-state index in [0.29, 0.717) is 19.8 Å². The zero-order chi connectivity index (χ0) is 26.9. The largest absolute Gasteiger partial charge is 0.466 e. The van der Waals surface area contributed by atoms with Crippen LogP contribution in [0.2, 0.25) is 18.1 Å². The van der Waals surface area contributed by atoms with Crippen molar-refractivity contribution in [2.24, 2.45) is 11.3 Å². The first-order valence-electron chi connectivity index (χ1n) is 12.5. The predicted molar refractivity (Wildman–Crippen MR) is 142 cm³/mol. The zero-order valence-electron chi connectivity index (χ0n) is 23.3. The van der Waals surface area contributed by atoms with Gasteiger partial charge in [0.05, 0.1) is 37.4 Å². The molecule has 0 unspecified atom stereocenters. The second-order valence-electron chi connectivity index (χ2n) is 11.0. The Bertz CT molecular complexity index is 826. The summed E-state index contributed by atoms with van der Waals surface area (Å²) in [6.45, 7) is 21.1. The molecule has 6 nitrogen and oxygen atoms in total. The van der Waals surface area contributed by atoms with Crippen LogP contribution in [0.25, 0.3) is 0 Å². The molecule has 0 aliphatic heterocycles. The van der Waals surface area contributed by atoms with Crippen LogP contribution in [0.5, 0.6) is 0 Å². The third-order valence-corrected chi connectivity index (χ3v) is 11.2. The highest BCUT2D eigenvalue weighted by atomic mass is 28.4. The van der Waals surface area contributed by atoms with E-state index in [2.05, 4.69) is 33.9 Å². The first-order valence-corrected chi connectivity index (χ1v) is 15.4. The number of benzene rings is 1. The third kappa shape index (κ3) is 9.20. The van der Waals surface area contributed by atoms with Gasteiger partial charge in [0.1, 0.15) is 0 Å². The van der Waals surface area contributed by atoms with E-state index in [9.17, 15) is 9.59 Å². The Kier molecular flexibility index (Phi) is 11.9. The van der Waals surface area contributed by atoms with E-state index in [4.69, 9.17) is 18.6 Å². The molecular formula is C28H46O6Si. The molecule has 0 saturated carbocycles. The molecule has 0 spiro atoms. The Morgan fingerprint density at radius 3 is 2.06 bits per heavy atom. The van der Waals surface area contributed by atoms with Gasteiger partial charge in [-0.15, -0.1) is 0 Å². The fourth-order valence-corrected chi connectivity index (χ4v) is 5.02. The van der Waals surface area contributed by atoms with Crippen LogP contribution in [0, 0.1) is 11.3 Å². The summed E-state index contributed by atoms with van der Waals surface area (Å²) < 4.78 is 23.7. The van der Waals surface area contributed by atoms with Crippen molar-refractivity contribution in [2.75, 3.05) is 13.2 Å². The molecule has 1 rings (SSSR count). The average molecular weight is 507 g/mol. The van der Waals surface area contributed by atoms with Gasteiger partial charge in [0.25, 0.3) is 0 Å². The number of carbonyl (C=O) groups is 2. The Labute approximate surface area is 213 Å². The zero-order valence-corrected chi connectivity index (χ0v) is 24.3. The summed E-state index contributed by atoms with van der Waals surface area (Å²) in [5.74, 6) is -1.01. The van der Waals surface area contributed by atoms with E-state index in [1.54, 1.807) is 19.9 Å². The molecule has 198 valence electrons. The Morgan fingerprint density at radius 1 is 0.971 bits per heavy atom. The number of esters is 2. The van der Waals surface area contributed by atoms with Crippen LogP contribution < -0.4 is 0 Å². The topological polar surface area (TPSA) is 71.1 Å². The lowest BCUT2D eigenvalue weighted by atomic mass is 9.78. The highest BCUT2D eigenvalue weighted by molar-refractivity contribution is 6.74. The molecule has 7 heteroatoms. The molecule has 0 bridgehead atoms. The van der Waals surface area contributed by atoms with E-state index in [-0.39, 0.29) is 16.9 Å². The molecule has 0 aromatic heterocycles. The summed E-state index contributed by atoms with van der Waals surface area (Å²) in [7, 11) is -2.28. The lowest BCUT2D eigenvalue weighted by molar-refractivity contribution is -0.163. The van der Waals surface area contributed by atoms with E-state index in [1.807, 2.05) is 51.1 Å². The summed E-state index contributed by atoms with van der Waals surface area (Å²) >= 11 is 0. The van der Waals surface area contributed by atoms with Gasteiger partial charge in [0, 0.05) is 12.0 Å². The Hall–Kier alpha value is -1.96. The van der Waals surface area contributed by atoms with Crippen molar-refractivity contribution in [3.8, 4) is 0 Å². The summed E-state index contributed by atoms with van der Waals surface area (Å²) in [5, 5.41) is -0.0587. The number of carbonyl (C=O) groups excluding carboxylic acids is 2. The number of rotatable bonds is 13. The molecule has 0 heterocycles. The molecule has 0 radical (unpaired) electrons. The minimum Gasteiger partial charge on any atom is -0.466 e. The summed E-state index contributed by atoms with van der Waals surface area (Å²) in [6, 6.07) is 9.85. The summed E-state index contributed by atoms with van der Waals surface area (Å²) in [4.78, 5) is 25.2. The van der Waals surface area contributed by atoms with Crippen LogP contribution in [0.15, 0.2) is 42.5 Å².